The van der Waals surface area contributed by atoms with Crippen LogP contribution in [0.2, 0.25) is 0 Å². The van der Waals surface area contributed by atoms with E-state index in [4.69, 9.17) is 9.47 Å². The zero-order chi connectivity index (χ0) is 24.4. The second-order valence-electron chi connectivity index (χ2n) is 8.42. The normalized spacial score (nSPS) is 11.8. The number of hydrogen-bond donors (Lipinski definition) is 1. The van der Waals surface area contributed by atoms with Crippen molar-refractivity contribution in [2.75, 3.05) is 7.11 Å². The van der Waals surface area contributed by atoms with Gasteiger partial charge in [-0.15, -0.1) is 0 Å². The van der Waals surface area contributed by atoms with Crippen molar-refractivity contribution in [2.24, 2.45) is 0 Å². The number of rotatable bonds is 8. The number of carboxylic acids is 1. The Labute approximate surface area is 194 Å². The lowest BCUT2D eigenvalue weighted by Crippen LogP contribution is -2.40. The van der Waals surface area contributed by atoms with E-state index in [1.165, 1.54) is 38.1 Å². The molecule has 0 saturated carbocycles. The van der Waals surface area contributed by atoms with Crippen LogP contribution in [0.25, 0.3) is 11.1 Å². The van der Waals surface area contributed by atoms with Gasteiger partial charge in [0.05, 0.1) is 12.0 Å². The monoisotopic (exact) mass is 468 g/mol. The van der Waals surface area contributed by atoms with E-state index in [2.05, 4.69) is 26.0 Å². The fourth-order valence-corrected chi connectivity index (χ4v) is 4.92. The topological polar surface area (TPSA) is 89.9 Å². The van der Waals surface area contributed by atoms with Crippen LogP contribution in [0.1, 0.15) is 30.5 Å². The zero-order valence-corrected chi connectivity index (χ0v) is 20.2. The summed E-state index contributed by atoms with van der Waals surface area (Å²) in [6.07, 6.45) is 0. The molecular weight excluding hydrogens is 440 g/mol. The highest BCUT2D eigenvalue weighted by Crippen LogP contribution is 2.32. The lowest BCUT2D eigenvalue weighted by atomic mass is 9.94. The van der Waals surface area contributed by atoms with Crippen LogP contribution in [0, 0.1) is 13.8 Å². The van der Waals surface area contributed by atoms with Gasteiger partial charge in [0, 0.05) is 0 Å². The van der Waals surface area contributed by atoms with Gasteiger partial charge in [0.15, 0.2) is 14.6 Å². The molecular formula is C26H28O6S. The minimum absolute atomic E-state index is 0.0605. The molecule has 3 aromatic rings. The summed E-state index contributed by atoms with van der Waals surface area (Å²) in [4.78, 5) is 11.3. The SMILES string of the molecule is COc1cc(C)c(-c2cccc(COc3ccc(S(=O)(=O)C(C)(C)C(=O)O)cc3)c2)c(C)c1. The van der Waals surface area contributed by atoms with Gasteiger partial charge in [-0.25, -0.2) is 8.42 Å². The molecule has 0 unspecified atom stereocenters. The molecule has 3 aromatic carbocycles. The summed E-state index contributed by atoms with van der Waals surface area (Å²) >= 11 is 0. The highest BCUT2D eigenvalue weighted by atomic mass is 32.2. The molecule has 0 spiro atoms. The van der Waals surface area contributed by atoms with E-state index in [9.17, 15) is 18.3 Å². The third kappa shape index (κ3) is 4.88. The van der Waals surface area contributed by atoms with Crippen molar-refractivity contribution in [2.45, 2.75) is 43.9 Å². The Hall–Kier alpha value is -3.32. The van der Waals surface area contributed by atoms with Gasteiger partial charge in [-0.05, 0) is 98.0 Å². The lowest BCUT2D eigenvalue weighted by molar-refractivity contribution is -0.139. The van der Waals surface area contributed by atoms with Crippen molar-refractivity contribution in [1.29, 1.82) is 0 Å². The maximum atomic E-state index is 12.6. The molecule has 7 heteroatoms. The Balaban J connectivity index is 1.78. The molecule has 0 radical (unpaired) electrons. The molecule has 1 N–H and O–H groups in total. The first-order valence-electron chi connectivity index (χ1n) is 10.4. The molecule has 0 aromatic heterocycles. The van der Waals surface area contributed by atoms with E-state index >= 15 is 0 Å². The van der Waals surface area contributed by atoms with Gasteiger partial charge in [-0.1, -0.05) is 18.2 Å². The molecule has 0 heterocycles. The van der Waals surface area contributed by atoms with Crippen molar-refractivity contribution in [3.63, 3.8) is 0 Å². The first-order chi connectivity index (χ1) is 15.5. The number of methoxy groups -OCH3 is 1. The Morgan fingerprint density at radius 2 is 1.55 bits per heavy atom. The molecule has 0 bridgehead atoms. The van der Waals surface area contributed by atoms with Crippen molar-refractivity contribution < 1.29 is 27.8 Å². The van der Waals surface area contributed by atoms with E-state index in [0.29, 0.717) is 12.4 Å². The summed E-state index contributed by atoms with van der Waals surface area (Å²) in [5.74, 6) is -0.0835. The molecule has 0 amide bonds. The number of benzene rings is 3. The first-order valence-corrected chi connectivity index (χ1v) is 11.9. The summed E-state index contributed by atoms with van der Waals surface area (Å²) in [5, 5.41) is 9.26. The second-order valence-corrected chi connectivity index (χ2v) is 10.9. The minimum Gasteiger partial charge on any atom is -0.497 e. The Morgan fingerprint density at radius 1 is 0.939 bits per heavy atom. The summed E-state index contributed by atoms with van der Waals surface area (Å²) in [6.45, 7) is 6.75. The standard InChI is InChI=1S/C26H28O6S/c1-17-13-22(31-5)14-18(2)24(17)20-8-6-7-19(15-20)16-32-21-9-11-23(12-10-21)33(29,30)26(3,4)25(27)28/h6-15H,16H2,1-5H3,(H,27,28). The minimum atomic E-state index is -4.04. The van der Waals surface area contributed by atoms with Crippen LogP contribution < -0.4 is 9.47 Å². The van der Waals surface area contributed by atoms with Gasteiger partial charge in [0.25, 0.3) is 0 Å². The summed E-state index contributed by atoms with van der Waals surface area (Å²) in [5.41, 5.74) is 5.42. The largest absolute Gasteiger partial charge is 0.497 e. The molecule has 3 rings (SSSR count). The van der Waals surface area contributed by atoms with Crippen molar-refractivity contribution in [3.05, 3.63) is 77.4 Å². The van der Waals surface area contributed by atoms with Crippen LogP contribution in [0.5, 0.6) is 11.5 Å². The third-order valence-electron chi connectivity index (χ3n) is 5.68. The van der Waals surface area contributed by atoms with Gasteiger partial charge in [0.2, 0.25) is 0 Å². The fraction of sp³-hybridized carbons (Fsp3) is 0.269. The van der Waals surface area contributed by atoms with Crippen LogP contribution in [0.3, 0.4) is 0 Å². The van der Waals surface area contributed by atoms with Gasteiger partial charge in [-0.2, -0.15) is 0 Å². The fourth-order valence-electron chi connectivity index (χ4n) is 3.60. The predicted octanol–water partition coefficient (Wildman–Crippen LogP) is 5.19. The zero-order valence-electron chi connectivity index (χ0n) is 19.4. The van der Waals surface area contributed by atoms with Crippen LogP contribution >= 0.6 is 0 Å². The highest BCUT2D eigenvalue weighted by molar-refractivity contribution is 7.93. The molecule has 0 saturated heterocycles. The average Bonchev–Trinajstić information content (AvgIpc) is 2.77. The molecule has 6 nitrogen and oxygen atoms in total. The maximum absolute atomic E-state index is 12.6. The van der Waals surface area contributed by atoms with E-state index in [0.717, 1.165) is 33.6 Å². The highest BCUT2D eigenvalue weighted by Gasteiger charge is 2.42. The number of carboxylic acid groups (broad SMARTS) is 1. The predicted molar refractivity (Wildman–Crippen MR) is 128 cm³/mol. The van der Waals surface area contributed by atoms with Crippen LogP contribution in [0.15, 0.2) is 65.6 Å². The Kier molecular flexibility index (Phi) is 6.84. The van der Waals surface area contributed by atoms with E-state index in [1.54, 1.807) is 7.11 Å². The van der Waals surface area contributed by atoms with Crippen LogP contribution in [-0.4, -0.2) is 31.4 Å². The first kappa shape index (κ1) is 24.3. The van der Waals surface area contributed by atoms with Gasteiger partial charge < -0.3 is 14.6 Å². The third-order valence-corrected chi connectivity index (χ3v) is 8.09. The molecule has 0 fully saturated rings. The molecule has 0 atom stereocenters. The summed E-state index contributed by atoms with van der Waals surface area (Å²) < 4.78 is 34.5. The second kappa shape index (κ2) is 9.27. The number of aryl methyl sites for hydroxylation is 2. The molecule has 0 aliphatic rings. The van der Waals surface area contributed by atoms with Crippen LogP contribution in [-0.2, 0) is 21.2 Å². The number of hydrogen-bond acceptors (Lipinski definition) is 5. The average molecular weight is 469 g/mol. The van der Waals surface area contributed by atoms with Crippen molar-refractivity contribution in [1.82, 2.24) is 0 Å². The maximum Gasteiger partial charge on any atom is 0.324 e. The summed E-state index contributed by atoms with van der Waals surface area (Å²) in [7, 11) is -2.38. The van der Waals surface area contributed by atoms with E-state index in [1.807, 2.05) is 24.3 Å². The lowest BCUT2D eigenvalue weighted by Gasteiger charge is -2.19. The molecule has 33 heavy (non-hydrogen) atoms. The van der Waals surface area contributed by atoms with E-state index < -0.39 is 20.6 Å². The smallest absolute Gasteiger partial charge is 0.324 e. The number of aliphatic carboxylic acids is 1. The van der Waals surface area contributed by atoms with Crippen molar-refractivity contribution >= 4 is 15.8 Å². The quantitative estimate of drug-likeness (QED) is 0.489. The molecule has 0 aliphatic heterocycles. The molecule has 0 aliphatic carbocycles. The number of carbonyl (C=O) groups is 1. The van der Waals surface area contributed by atoms with Gasteiger partial charge in [0.1, 0.15) is 18.1 Å². The Bertz CT molecular complexity index is 1250. The van der Waals surface area contributed by atoms with Gasteiger partial charge >= 0.3 is 5.97 Å². The molecule has 174 valence electrons. The number of sulfone groups is 1. The van der Waals surface area contributed by atoms with E-state index in [-0.39, 0.29) is 4.90 Å². The van der Waals surface area contributed by atoms with Crippen molar-refractivity contribution in [3.8, 4) is 22.6 Å². The van der Waals surface area contributed by atoms with Crippen LogP contribution in [0.4, 0.5) is 0 Å². The summed E-state index contributed by atoms with van der Waals surface area (Å²) in [6, 6.07) is 17.9. The Morgan fingerprint density at radius 3 is 2.09 bits per heavy atom. The van der Waals surface area contributed by atoms with Gasteiger partial charge in [-0.3, -0.25) is 4.79 Å². The number of ether oxygens (including phenoxy) is 2.